The molecule has 1 fully saturated rings. The van der Waals surface area contributed by atoms with Gasteiger partial charge in [0, 0.05) is 0 Å². The molecule has 0 aromatic heterocycles. The predicted octanol–water partition coefficient (Wildman–Crippen LogP) is 2.29. The highest BCUT2D eigenvalue weighted by molar-refractivity contribution is 5.77. The van der Waals surface area contributed by atoms with Crippen LogP contribution in [0.5, 0.6) is 0 Å². The summed E-state index contributed by atoms with van der Waals surface area (Å²) < 4.78 is 5.28. The maximum atomic E-state index is 11.7. The Labute approximate surface area is 102 Å². The lowest BCUT2D eigenvalue weighted by Gasteiger charge is -2.37. The number of rotatable bonds is 1. The van der Waals surface area contributed by atoms with E-state index in [0.29, 0.717) is 6.61 Å². The number of ether oxygens (including phenoxy) is 1. The Morgan fingerprint density at radius 1 is 1.24 bits per heavy atom. The molecule has 0 saturated carbocycles. The van der Waals surface area contributed by atoms with Crippen LogP contribution in [0.1, 0.15) is 32.4 Å². The van der Waals surface area contributed by atoms with Crippen molar-refractivity contribution >= 4 is 5.97 Å². The van der Waals surface area contributed by atoms with Gasteiger partial charge >= 0.3 is 5.97 Å². The van der Waals surface area contributed by atoms with E-state index in [1.54, 1.807) is 0 Å². The topological polar surface area (TPSA) is 38.3 Å². The molecule has 0 radical (unpaired) electrons. The maximum Gasteiger partial charge on any atom is 0.323 e. The summed E-state index contributed by atoms with van der Waals surface area (Å²) in [6.45, 7) is 6.54. The monoisotopic (exact) mass is 233 g/mol. The standard InChI is InChI=1S/C14H19NO2/c1-14(2,3)12-13(16)17-9-11(15-12)10-7-5-4-6-8-10/h4-8,11-12,15H,9H2,1-3H3/t11-,12-/m1/s1. The second kappa shape index (κ2) is 4.49. The second-order valence-corrected chi connectivity index (χ2v) is 5.56. The smallest absolute Gasteiger partial charge is 0.323 e. The summed E-state index contributed by atoms with van der Waals surface area (Å²) in [5, 5.41) is 3.38. The molecule has 0 amide bonds. The number of benzene rings is 1. The molecular weight excluding hydrogens is 214 g/mol. The van der Waals surface area contributed by atoms with Crippen LogP contribution in [-0.4, -0.2) is 18.6 Å². The minimum atomic E-state index is -0.249. The second-order valence-electron chi connectivity index (χ2n) is 5.56. The third-order valence-electron chi connectivity index (χ3n) is 3.06. The van der Waals surface area contributed by atoms with E-state index < -0.39 is 0 Å². The molecular formula is C14H19NO2. The molecule has 3 nitrogen and oxygen atoms in total. The normalized spacial score (nSPS) is 25.5. The predicted molar refractivity (Wildman–Crippen MR) is 66.5 cm³/mol. The zero-order valence-electron chi connectivity index (χ0n) is 10.6. The summed E-state index contributed by atoms with van der Waals surface area (Å²) in [6.07, 6.45) is 0. The summed E-state index contributed by atoms with van der Waals surface area (Å²) in [7, 11) is 0. The number of cyclic esters (lactones) is 1. The summed E-state index contributed by atoms with van der Waals surface area (Å²) in [5.74, 6) is -0.148. The number of carbonyl (C=O) groups excluding carboxylic acids is 1. The van der Waals surface area contributed by atoms with Crippen molar-refractivity contribution in [1.82, 2.24) is 5.32 Å². The Hall–Kier alpha value is -1.35. The summed E-state index contributed by atoms with van der Waals surface area (Å²) in [5.41, 5.74) is 1.03. The van der Waals surface area contributed by atoms with Gasteiger partial charge < -0.3 is 4.74 Å². The molecule has 1 saturated heterocycles. The van der Waals surface area contributed by atoms with Crippen LogP contribution in [0.15, 0.2) is 30.3 Å². The third kappa shape index (κ3) is 2.67. The minimum absolute atomic E-state index is 0.0955. The minimum Gasteiger partial charge on any atom is -0.462 e. The first kappa shape index (κ1) is 12.1. The van der Waals surface area contributed by atoms with E-state index in [1.807, 2.05) is 39.0 Å². The molecule has 2 atom stereocenters. The Morgan fingerprint density at radius 3 is 2.47 bits per heavy atom. The summed E-state index contributed by atoms with van der Waals surface area (Å²) in [4.78, 5) is 11.7. The Bertz CT molecular complexity index is 394. The van der Waals surface area contributed by atoms with Crippen molar-refractivity contribution in [1.29, 1.82) is 0 Å². The van der Waals surface area contributed by atoms with Crippen LogP contribution in [-0.2, 0) is 9.53 Å². The highest BCUT2D eigenvalue weighted by Gasteiger charge is 2.38. The number of morpholine rings is 1. The lowest BCUT2D eigenvalue weighted by atomic mass is 9.85. The zero-order chi connectivity index (χ0) is 12.5. The van der Waals surface area contributed by atoms with Crippen molar-refractivity contribution in [2.45, 2.75) is 32.9 Å². The number of carbonyl (C=O) groups is 1. The molecule has 1 N–H and O–H groups in total. The molecule has 3 heteroatoms. The average Bonchev–Trinajstić information content (AvgIpc) is 2.29. The Morgan fingerprint density at radius 2 is 1.88 bits per heavy atom. The molecule has 17 heavy (non-hydrogen) atoms. The maximum absolute atomic E-state index is 11.7. The van der Waals surface area contributed by atoms with Gasteiger partial charge in [0.15, 0.2) is 0 Å². The van der Waals surface area contributed by atoms with Crippen LogP contribution in [0.4, 0.5) is 0 Å². The molecule has 92 valence electrons. The molecule has 1 aromatic rings. The number of esters is 1. The van der Waals surface area contributed by atoms with Gasteiger partial charge in [-0.15, -0.1) is 0 Å². The largest absolute Gasteiger partial charge is 0.462 e. The van der Waals surface area contributed by atoms with Gasteiger partial charge in [0.05, 0.1) is 6.04 Å². The Kier molecular flexibility index (Phi) is 3.20. The first-order valence-corrected chi connectivity index (χ1v) is 5.96. The molecule has 0 bridgehead atoms. The van der Waals surface area contributed by atoms with Crippen LogP contribution in [0.3, 0.4) is 0 Å². The van der Waals surface area contributed by atoms with Gasteiger partial charge in [0.2, 0.25) is 0 Å². The number of nitrogens with one attached hydrogen (secondary N) is 1. The van der Waals surface area contributed by atoms with Crippen molar-refractivity contribution in [3.63, 3.8) is 0 Å². The van der Waals surface area contributed by atoms with E-state index in [-0.39, 0.29) is 23.5 Å². The van der Waals surface area contributed by atoms with Crippen LogP contribution in [0, 0.1) is 5.41 Å². The fourth-order valence-corrected chi connectivity index (χ4v) is 2.05. The molecule has 1 heterocycles. The number of hydrogen-bond donors (Lipinski definition) is 1. The molecule has 0 spiro atoms. The molecule has 0 unspecified atom stereocenters. The van der Waals surface area contributed by atoms with Crippen molar-refractivity contribution in [2.75, 3.05) is 6.61 Å². The summed E-state index contributed by atoms with van der Waals surface area (Å²) >= 11 is 0. The molecule has 2 rings (SSSR count). The van der Waals surface area contributed by atoms with Gasteiger partial charge in [-0.2, -0.15) is 0 Å². The average molecular weight is 233 g/mol. The molecule has 1 aliphatic rings. The Balaban J connectivity index is 2.16. The van der Waals surface area contributed by atoms with Gasteiger partial charge in [0.25, 0.3) is 0 Å². The third-order valence-corrected chi connectivity index (χ3v) is 3.06. The van der Waals surface area contributed by atoms with Gasteiger partial charge in [-0.25, -0.2) is 0 Å². The number of hydrogen-bond acceptors (Lipinski definition) is 3. The highest BCUT2D eigenvalue weighted by atomic mass is 16.5. The summed E-state index contributed by atoms with van der Waals surface area (Å²) in [6, 6.07) is 9.94. The van der Waals surface area contributed by atoms with Gasteiger partial charge in [-0.05, 0) is 11.0 Å². The first-order valence-electron chi connectivity index (χ1n) is 5.96. The van der Waals surface area contributed by atoms with Gasteiger partial charge in [-0.3, -0.25) is 10.1 Å². The van der Waals surface area contributed by atoms with Crippen molar-refractivity contribution in [2.24, 2.45) is 5.41 Å². The van der Waals surface area contributed by atoms with E-state index >= 15 is 0 Å². The lowest BCUT2D eigenvalue weighted by Crippen LogP contribution is -2.53. The highest BCUT2D eigenvalue weighted by Crippen LogP contribution is 2.27. The van der Waals surface area contributed by atoms with Crippen molar-refractivity contribution < 1.29 is 9.53 Å². The lowest BCUT2D eigenvalue weighted by molar-refractivity contribution is -0.155. The van der Waals surface area contributed by atoms with E-state index in [0.717, 1.165) is 5.56 Å². The van der Waals surface area contributed by atoms with Gasteiger partial charge in [-0.1, -0.05) is 51.1 Å². The fourth-order valence-electron chi connectivity index (χ4n) is 2.05. The quantitative estimate of drug-likeness (QED) is 0.756. The van der Waals surface area contributed by atoms with Crippen LogP contribution >= 0.6 is 0 Å². The first-order chi connectivity index (χ1) is 7.98. The van der Waals surface area contributed by atoms with Crippen LogP contribution < -0.4 is 5.32 Å². The van der Waals surface area contributed by atoms with Crippen molar-refractivity contribution in [3.8, 4) is 0 Å². The molecule has 1 aromatic carbocycles. The van der Waals surface area contributed by atoms with Gasteiger partial charge in [0.1, 0.15) is 12.6 Å². The molecule has 1 aliphatic heterocycles. The van der Waals surface area contributed by atoms with Crippen LogP contribution in [0.2, 0.25) is 0 Å². The van der Waals surface area contributed by atoms with E-state index in [2.05, 4.69) is 17.4 Å². The molecule has 0 aliphatic carbocycles. The van der Waals surface area contributed by atoms with Crippen molar-refractivity contribution in [3.05, 3.63) is 35.9 Å². The van der Waals surface area contributed by atoms with E-state index in [4.69, 9.17) is 4.74 Å². The van der Waals surface area contributed by atoms with E-state index in [1.165, 1.54) is 0 Å². The fraction of sp³-hybridized carbons (Fsp3) is 0.500. The SMILES string of the molecule is CC(C)(C)[C@@H]1N[C@@H](c2ccccc2)COC1=O. The van der Waals surface area contributed by atoms with Crippen LogP contribution in [0.25, 0.3) is 0 Å². The zero-order valence-corrected chi connectivity index (χ0v) is 10.6. The van der Waals surface area contributed by atoms with E-state index in [9.17, 15) is 4.79 Å².